The number of nitriles is 2. The zero-order valence-corrected chi connectivity index (χ0v) is 10.9. The number of azo groups is 1. The van der Waals surface area contributed by atoms with E-state index in [1.807, 2.05) is 0 Å². The van der Waals surface area contributed by atoms with Crippen molar-refractivity contribution in [2.45, 2.75) is 25.7 Å². The minimum atomic E-state index is -1.14. The predicted molar refractivity (Wildman–Crippen MR) is 66.5 cm³/mol. The highest BCUT2D eigenvalue weighted by molar-refractivity contribution is 5.73. The molecule has 0 aliphatic heterocycles. The zero-order valence-electron chi connectivity index (χ0n) is 10.9. The lowest BCUT2D eigenvalue weighted by Gasteiger charge is -2.01. The van der Waals surface area contributed by atoms with Gasteiger partial charge in [-0.2, -0.15) is 20.8 Å². The molecule has 0 spiro atoms. The van der Waals surface area contributed by atoms with Crippen molar-refractivity contribution in [3.63, 3.8) is 0 Å². The van der Waals surface area contributed by atoms with Crippen molar-refractivity contribution in [3.8, 4) is 12.1 Å². The molecular weight excluding hydrogens is 264 g/mol. The van der Waals surface area contributed by atoms with Gasteiger partial charge in [0.1, 0.15) is 11.8 Å². The fourth-order valence-electron chi connectivity index (χ4n) is 1.36. The lowest BCUT2D eigenvalue weighted by Crippen LogP contribution is -2.11. The zero-order chi connectivity index (χ0) is 15.4. The second kappa shape index (κ2) is 10.4. The number of rotatable bonds is 10. The van der Waals surface area contributed by atoms with Crippen molar-refractivity contribution >= 4 is 11.9 Å². The van der Waals surface area contributed by atoms with E-state index in [1.54, 1.807) is 12.1 Å². The molecule has 0 radical (unpaired) electrons. The van der Waals surface area contributed by atoms with Crippen LogP contribution in [0.25, 0.3) is 0 Å². The van der Waals surface area contributed by atoms with Crippen LogP contribution in [-0.4, -0.2) is 35.2 Å². The second-order valence-corrected chi connectivity index (χ2v) is 4.05. The highest BCUT2D eigenvalue weighted by Gasteiger charge is 2.15. The minimum Gasteiger partial charge on any atom is -0.480 e. The van der Waals surface area contributed by atoms with Gasteiger partial charge in [0, 0.05) is 0 Å². The van der Waals surface area contributed by atoms with E-state index in [1.165, 1.54) is 0 Å². The van der Waals surface area contributed by atoms with Crippen LogP contribution in [0.15, 0.2) is 10.2 Å². The molecule has 0 saturated carbocycles. The second-order valence-electron chi connectivity index (χ2n) is 4.05. The summed E-state index contributed by atoms with van der Waals surface area (Å²) in [4.78, 5) is 21.1. The number of aliphatic carboxylic acids is 2. The lowest BCUT2D eigenvalue weighted by molar-refractivity contribution is -0.141. The van der Waals surface area contributed by atoms with Gasteiger partial charge in [0.2, 0.25) is 0 Å². The van der Waals surface area contributed by atoms with Crippen LogP contribution in [0.4, 0.5) is 0 Å². The Balaban J connectivity index is 3.69. The molecule has 2 unspecified atom stereocenters. The molecule has 8 nitrogen and oxygen atoms in total. The molecule has 2 atom stereocenters. The highest BCUT2D eigenvalue weighted by atomic mass is 16.4. The third kappa shape index (κ3) is 7.77. The van der Waals surface area contributed by atoms with E-state index in [-0.39, 0.29) is 12.8 Å². The Morgan fingerprint density at radius 3 is 1.50 bits per heavy atom. The third-order valence-corrected chi connectivity index (χ3v) is 2.51. The molecule has 0 aromatic heterocycles. The fourth-order valence-corrected chi connectivity index (χ4v) is 1.36. The van der Waals surface area contributed by atoms with Crippen molar-refractivity contribution in [1.82, 2.24) is 0 Å². The monoisotopic (exact) mass is 280 g/mol. The number of nitrogens with zero attached hydrogens (tertiary/aromatic N) is 4. The predicted octanol–water partition coefficient (Wildman–Crippen LogP) is 1.45. The van der Waals surface area contributed by atoms with Crippen LogP contribution in [0.3, 0.4) is 0 Å². The molecule has 0 heterocycles. The van der Waals surface area contributed by atoms with Crippen molar-refractivity contribution in [1.29, 1.82) is 10.5 Å². The summed E-state index contributed by atoms with van der Waals surface area (Å²) in [7, 11) is 0. The van der Waals surface area contributed by atoms with E-state index in [2.05, 4.69) is 10.2 Å². The Morgan fingerprint density at radius 2 is 1.25 bits per heavy atom. The summed E-state index contributed by atoms with van der Waals surface area (Å²) in [6.07, 6.45) is 1.34. The van der Waals surface area contributed by atoms with Crippen LogP contribution >= 0.6 is 0 Å². The van der Waals surface area contributed by atoms with Gasteiger partial charge >= 0.3 is 11.9 Å². The number of carboxylic acids is 2. The first-order valence-corrected chi connectivity index (χ1v) is 6.11. The molecule has 0 amide bonds. The SMILES string of the molecule is N#CC(CCCN=NCCCC(C#N)C(=O)O)C(=O)O. The maximum atomic E-state index is 10.5. The molecule has 2 N–H and O–H groups in total. The summed E-state index contributed by atoms with van der Waals surface area (Å²) < 4.78 is 0. The number of hydrogen-bond acceptors (Lipinski definition) is 6. The molecule has 0 saturated heterocycles. The van der Waals surface area contributed by atoms with Gasteiger partial charge in [0.05, 0.1) is 25.2 Å². The quantitative estimate of drug-likeness (QED) is 0.457. The van der Waals surface area contributed by atoms with Gasteiger partial charge in [-0.25, -0.2) is 0 Å². The molecular formula is C12H16N4O4. The van der Waals surface area contributed by atoms with Crippen molar-refractivity contribution in [2.24, 2.45) is 22.1 Å². The van der Waals surface area contributed by atoms with Gasteiger partial charge < -0.3 is 10.2 Å². The van der Waals surface area contributed by atoms with Crippen LogP contribution in [0, 0.1) is 34.5 Å². The number of carboxylic acid groups (broad SMARTS) is 2. The van der Waals surface area contributed by atoms with Crippen LogP contribution in [0.2, 0.25) is 0 Å². The van der Waals surface area contributed by atoms with Gasteiger partial charge in [0.15, 0.2) is 0 Å². The molecule has 0 fully saturated rings. The molecule has 108 valence electrons. The number of hydrogen-bond donors (Lipinski definition) is 2. The van der Waals surface area contributed by atoms with E-state index < -0.39 is 23.8 Å². The van der Waals surface area contributed by atoms with Crippen LogP contribution in [-0.2, 0) is 9.59 Å². The molecule has 0 bridgehead atoms. The summed E-state index contributed by atoms with van der Waals surface area (Å²) >= 11 is 0. The van der Waals surface area contributed by atoms with Crippen LogP contribution < -0.4 is 0 Å². The van der Waals surface area contributed by atoms with E-state index in [0.717, 1.165) is 0 Å². The van der Waals surface area contributed by atoms with Gasteiger partial charge in [-0.15, -0.1) is 0 Å². The van der Waals surface area contributed by atoms with Gasteiger partial charge in [-0.3, -0.25) is 9.59 Å². The van der Waals surface area contributed by atoms with Crippen LogP contribution in [0.1, 0.15) is 25.7 Å². The topological polar surface area (TPSA) is 147 Å². The molecule has 0 aliphatic carbocycles. The molecule has 8 heteroatoms. The summed E-state index contributed by atoms with van der Waals surface area (Å²) in [5, 5.41) is 41.9. The first-order valence-electron chi connectivity index (χ1n) is 6.11. The van der Waals surface area contributed by atoms with Crippen LogP contribution in [0.5, 0.6) is 0 Å². The Kier molecular flexibility index (Phi) is 9.15. The average Bonchev–Trinajstić information content (AvgIpc) is 2.40. The summed E-state index contributed by atoms with van der Waals surface area (Å²) in [5.41, 5.74) is 0. The van der Waals surface area contributed by atoms with E-state index in [9.17, 15) is 9.59 Å². The fraction of sp³-hybridized carbons (Fsp3) is 0.667. The molecule has 0 aromatic rings. The first-order chi connectivity index (χ1) is 9.52. The molecule has 20 heavy (non-hydrogen) atoms. The normalized spacial score (nSPS) is 13.3. The van der Waals surface area contributed by atoms with Crippen molar-refractivity contribution in [2.75, 3.05) is 13.1 Å². The average molecular weight is 280 g/mol. The van der Waals surface area contributed by atoms with Gasteiger partial charge in [0.25, 0.3) is 0 Å². The van der Waals surface area contributed by atoms with Gasteiger partial charge in [-0.05, 0) is 25.7 Å². The Bertz CT molecular complexity index is 396. The largest absolute Gasteiger partial charge is 0.480 e. The summed E-state index contributed by atoms with van der Waals surface area (Å²) in [6, 6.07) is 3.37. The molecule has 0 aliphatic rings. The maximum absolute atomic E-state index is 10.5. The summed E-state index contributed by atoms with van der Waals surface area (Å²) in [6.45, 7) is 0.651. The lowest BCUT2D eigenvalue weighted by atomic mass is 10.1. The van der Waals surface area contributed by atoms with Crippen molar-refractivity contribution in [3.05, 3.63) is 0 Å². The Morgan fingerprint density at radius 1 is 0.900 bits per heavy atom. The van der Waals surface area contributed by atoms with E-state index in [4.69, 9.17) is 20.7 Å². The van der Waals surface area contributed by atoms with Gasteiger partial charge in [-0.1, -0.05) is 0 Å². The third-order valence-electron chi connectivity index (χ3n) is 2.51. The Hall–Kier alpha value is -2.48. The standard InChI is InChI=1S/C12H16N4O4/c13-7-9(11(17)18)3-1-5-15-16-6-2-4-10(8-14)12(19)20/h9-10H,1-6H2,(H,17,18)(H,19,20). The number of carbonyl (C=O) groups is 2. The summed E-state index contributed by atoms with van der Waals surface area (Å²) in [5.74, 6) is -4.31. The van der Waals surface area contributed by atoms with E-state index in [0.29, 0.717) is 25.9 Å². The first kappa shape index (κ1) is 17.5. The van der Waals surface area contributed by atoms with Crippen molar-refractivity contribution < 1.29 is 19.8 Å². The smallest absolute Gasteiger partial charge is 0.320 e. The minimum absolute atomic E-state index is 0.223. The molecule has 0 rings (SSSR count). The maximum Gasteiger partial charge on any atom is 0.320 e. The highest BCUT2D eigenvalue weighted by Crippen LogP contribution is 2.07. The molecule has 0 aromatic carbocycles. The Labute approximate surface area is 116 Å². The van der Waals surface area contributed by atoms with E-state index >= 15 is 0 Å².